The van der Waals surface area contributed by atoms with Crippen LogP contribution in [-0.2, 0) is 10.2 Å². The smallest absolute Gasteiger partial charge is 0.263 e. The molecule has 29 heavy (non-hydrogen) atoms. The van der Waals surface area contributed by atoms with Gasteiger partial charge in [0.25, 0.3) is 5.91 Å². The molecule has 3 atom stereocenters. The zero-order valence-electron chi connectivity index (χ0n) is 17.5. The summed E-state index contributed by atoms with van der Waals surface area (Å²) >= 11 is 1.42. The normalized spacial score (nSPS) is 26.2. The van der Waals surface area contributed by atoms with Crippen molar-refractivity contribution in [3.63, 3.8) is 0 Å². The second-order valence-electron chi connectivity index (χ2n) is 8.63. The van der Waals surface area contributed by atoms with Crippen LogP contribution < -0.4 is 5.32 Å². The Bertz CT molecular complexity index is 952. The number of likely N-dealkylation sites (tertiary alicyclic amines) is 1. The van der Waals surface area contributed by atoms with Crippen LogP contribution in [-0.4, -0.2) is 51.0 Å². The SMILES string of the molecule is Cc1noc([C@]23C[C@H](NC(=O)c4sc(C)nc4C)C[C@H]2CN(C(=O)C(C)C)C3)n1. The summed E-state index contributed by atoms with van der Waals surface area (Å²) in [5, 5.41) is 8.06. The maximum Gasteiger partial charge on any atom is 0.263 e. The number of amides is 2. The highest BCUT2D eigenvalue weighted by molar-refractivity contribution is 7.13. The molecule has 0 bridgehead atoms. The fourth-order valence-corrected chi connectivity index (χ4v) is 5.66. The first-order valence-electron chi connectivity index (χ1n) is 10.0. The number of carbonyl (C=O) groups is 2. The van der Waals surface area contributed by atoms with Gasteiger partial charge in [-0.1, -0.05) is 19.0 Å². The molecule has 1 saturated carbocycles. The fourth-order valence-electron chi connectivity index (χ4n) is 4.84. The second-order valence-corrected chi connectivity index (χ2v) is 9.83. The summed E-state index contributed by atoms with van der Waals surface area (Å²) in [6, 6.07) is -0.00202. The van der Waals surface area contributed by atoms with E-state index in [1.807, 2.05) is 32.6 Å². The van der Waals surface area contributed by atoms with Crippen molar-refractivity contribution in [3.05, 3.63) is 27.3 Å². The average Bonchev–Trinajstić information content (AvgIpc) is 3.36. The lowest BCUT2D eigenvalue weighted by Gasteiger charge is -2.26. The van der Waals surface area contributed by atoms with Gasteiger partial charge < -0.3 is 14.7 Å². The molecule has 1 saturated heterocycles. The summed E-state index contributed by atoms with van der Waals surface area (Å²) in [7, 11) is 0. The molecule has 2 fully saturated rings. The summed E-state index contributed by atoms with van der Waals surface area (Å²) in [6.45, 7) is 10.6. The molecule has 0 aromatic carbocycles. The number of fused-ring (bicyclic) bond motifs is 1. The molecule has 1 aliphatic carbocycles. The van der Waals surface area contributed by atoms with Crippen molar-refractivity contribution >= 4 is 23.2 Å². The van der Waals surface area contributed by atoms with E-state index < -0.39 is 5.41 Å². The zero-order chi connectivity index (χ0) is 20.9. The van der Waals surface area contributed by atoms with Crippen LogP contribution >= 0.6 is 11.3 Å². The molecule has 2 aromatic rings. The van der Waals surface area contributed by atoms with Gasteiger partial charge in [-0.15, -0.1) is 11.3 Å². The third-order valence-electron chi connectivity index (χ3n) is 6.08. The Morgan fingerprint density at radius 1 is 1.28 bits per heavy atom. The molecule has 9 heteroatoms. The summed E-state index contributed by atoms with van der Waals surface area (Å²) < 4.78 is 5.58. The first kappa shape index (κ1) is 20.0. The average molecular weight is 418 g/mol. The summed E-state index contributed by atoms with van der Waals surface area (Å²) in [4.78, 5) is 36.9. The Hall–Kier alpha value is -2.29. The molecule has 1 N–H and O–H groups in total. The minimum atomic E-state index is -0.400. The number of aromatic nitrogens is 3. The fraction of sp³-hybridized carbons (Fsp3) is 0.650. The minimum absolute atomic E-state index is 0.00202. The molecular formula is C20H27N5O3S. The monoisotopic (exact) mass is 417 g/mol. The van der Waals surface area contributed by atoms with Crippen LogP contribution in [0.25, 0.3) is 0 Å². The molecule has 3 heterocycles. The van der Waals surface area contributed by atoms with E-state index >= 15 is 0 Å². The first-order chi connectivity index (χ1) is 13.7. The van der Waals surface area contributed by atoms with Gasteiger partial charge in [-0.05, 0) is 39.5 Å². The van der Waals surface area contributed by atoms with E-state index in [0.29, 0.717) is 36.1 Å². The van der Waals surface area contributed by atoms with E-state index in [1.165, 1.54) is 11.3 Å². The van der Waals surface area contributed by atoms with Gasteiger partial charge in [0.1, 0.15) is 4.88 Å². The van der Waals surface area contributed by atoms with Crippen LogP contribution in [0.5, 0.6) is 0 Å². The predicted octanol–water partition coefficient (Wildman–Crippen LogP) is 2.40. The number of hydrogen-bond donors (Lipinski definition) is 1. The van der Waals surface area contributed by atoms with Gasteiger partial charge in [-0.25, -0.2) is 4.98 Å². The van der Waals surface area contributed by atoms with Crippen molar-refractivity contribution in [2.45, 2.75) is 58.9 Å². The van der Waals surface area contributed by atoms with Gasteiger partial charge in [0.05, 0.1) is 16.1 Å². The standard InChI is InChI=1S/C20H27N5O3S/c1-10(2)18(27)25-8-14-6-15(23-17(26)16-11(3)21-13(5)29-16)7-20(14,9-25)19-22-12(4)24-28-19/h10,14-15H,6-9H2,1-5H3,(H,23,26)/t14-,15+,20-/m0/s1. The highest BCUT2D eigenvalue weighted by Crippen LogP contribution is 2.50. The molecular weight excluding hydrogens is 390 g/mol. The van der Waals surface area contributed by atoms with E-state index in [2.05, 4.69) is 20.4 Å². The van der Waals surface area contributed by atoms with Crippen LogP contribution in [0, 0.1) is 32.6 Å². The van der Waals surface area contributed by atoms with E-state index in [9.17, 15) is 9.59 Å². The van der Waals surface area contributed by atoms with Gasteiger partial charge in [0, 0.05) is 25.0 Å². The lowest BCUT2D eigenvalue weighted by Crippen LogP contribution is -2.40. The van der Waals surface area contributed by atoms with E-state index in [-0.39, 0.29) is 29.7 Å². The highest BCUT2D eigenvalue weighted by atomic mass is 32.1. The predicted molar refractivity (Wildman–Crippen MR) is 108 cm³/mol. The third kappa shape index (κ3) is 3.45. The van der Waals surface area contributed by atoms with Crippen LogP contribution in [0.4, 0.5) is 0 Å². The lowest BCUT2D eigenvalue weighted by molar-refractivity contribution is -0.133. The molecule has 8 nitrogen and oxygen atoms in total. The third-order valence-corrected chi connectivity index (χ3v) is 7.15. The van der Waals surface area contributed by atoms with Gasteiger partial charge in [0.2, 0.25) is 11.8 Å². The summed E-state index contributed by atoms with van der Waals surface area (Å²) in [5.41, 5.74) is 0.363. The highest BCUT2D eigenvalue weighted by Gasteiger charge is 2.58. The van der Waals surface area contributed by atoms with E-state index in [1.54, 1.807) is 6.92 Å². The number of thiazole rings is 1. The van der Waals surface area contributed by atoms with Crippen LogP contribution in [0.15, 0.2) is 4.52 Å². The number of nitrogens with one attached hydrogen (secondary N) is 1. The molecule has 0 unspecified atom stereocenters. The Balaban J connectivity index is 1.56. The summed E-state index contributed by atoms with van der Waals surface area (Å²) in [5.74, 6) is 1.37. The maximum atomic E-state index is 12.8. The van der Waals surface area contributed by atoms with Crippen LogP contribution in [0.2, 0.25) is 0 Å². The molecule has 1 aliphatic heterocycles. The lowest BCUT2D eigenvalue weighted by atomic mass is 9.80. The van der Waals surface area contributed by atoms with Crippen molar-refractivity contribution in [1.82, 2.24) is 25.3 Å². The molecule has 2 aromatic heterocycles. The van der Waals surface area contributed by atoms with Gasteiger partial charge >= 0.3 is 0 Å². The molecule has 156 valence electrons. The number of rotatable bonds is 4. The number of nitrogens with zero attached hydrogens (tertiary/aromatic N) is 4. The Morgan fingerprint density at radius 2 is 2.03 bits per heavy atom. The van der Waals surface area contributed by atoms with Crippen molar-refractivity contribution in [1.29, 1.82) is 0 Å². The second kappa shape index (κ2) is 7.19. The molecule has 2 aliphatic rings. The van der Waals surface area contributed by atoms with Gasteiger partial charge in [-0.3, -0.25) is 9.59 Å². The number of hydrogen-bond acceptors (Lipinski definition) is 7. The molecule has 4 rings (SSSR count). The van der Waals surface area contributed by atoms with Crippen LogP contribution in [0.1, 0.15) is 58.8 Å². The van der Waals surface area contributed by atoms with E-state index in [0.717, 1.165) is 17.1 Å². The number of carbonyl (C=O) groups excluding carboxylic acids is 2. The van der Waals surface area contributed by atoms with Crippen LogP contribution in [0.3, 0.4) is 0 Å². The van der Waals surface area contributed by atoms with Crippen molar-refractivity contribution in [3.8, 4) is 0 Å². The quantitative estimate of drug-likeness (QED) is 0.820. The van der Waals surface area contributed by atoms with Crippen molar-refractivity contribution in [2.75, 3.05) is 13.1 Å². The first-order valence-corrected chi connectivity index (χ1v) is 10.9. The largest absolute Gasteiger partial charge is 0.349 e. The van der Waals surface area contributed by atoms with Crippen molar-refractivity contribution in [2.24, 2.45) is 11.8 Å². The maximum absolute atomic E-state index is 12.8. The molecule has 0 radical (unpaired) electrons. The van der Waals surface area contributed by atoms with Gasteiger partial charge in [0.15, 0.2) is 5.82 Å². The zero-order valence-corrected chi connectivity index (χ0v) is 18.3. The Kier molecular flexibility index (Phi) is 4.96. The minimum Gasteiger partial charge on any atom is -0.349 e. The molecule has 2 amide bonds. The number of aryl methyl sites for hydroxylation is 3. The summed E-state index contributed by atoms with van der Waals surface area (Å²) in [6.07, 6.45) is 1.47. The van der Waals surface area contributed by atoms with Gasteiger partial charge in [-0.2, -0.15) is 4.98 Å². The van der Waals surface area contributed by atoms with E-state index in [4.69, 9.17) is 4.52 Å². The van der Waals surface area contributed by atoms with Crippen molar-refractivity contribution < 1.29 is 14.1 Å². The Morgan fingerprint density at radius 3 is 2.62 bits per heavy atom. The topological polar surface area (TPSA) is 101 Å². The molecule has 0 spiro atoms. The Labute approximate surface area is 174 Å².